The van der Waals surface area contributed by atoms with E-state index in [4.69, 9.17) is 15.8 Å². The van der Waals surface area contributed by atoms with E-state index in [1.807, 2.05) is 0 Å². The minimum absolute atomic E-state index is 0. The normalized spacial score (nSPS) is 11.6. The van der Waals surface area contributed by atoms with Gasteiger partial charge in [0, 0.05) is 0 Å². The summed E-state index contributed by atoms with van der Waals surface area (Å²) in [6.45, 7) is 0. The van der Waals surface area contributed by atoms with Crippen molar-refractivity contribution in [2.24, 2.45) is 0 Å². The van der Waals surface area contributed by atoms with Crippen LogP contribution in [0.3, 0.4) is 0 Å². The van der Waals surface area contributed by atoms with Crippen LogP contribution in [0.4, 0.5) is 26.3 Å². The molecule has 0 heterocycles. The monoisotopic (exact) mass is 341 g/mol. The van der Waals surface area contributed by atoms with E-state index in [1.165, 1.54) is 17.9 Å². The van der Waals surface area contributed by atoms with E-state index >= 15 is 0 Å². The zero-order valence-electron chi connectivity index (χ0n) is 10.9. The Morgan fingerprint density at radius 1 is 0.727 bits per heavy atom. The molecule has 22 heavy (non-hydrogen) atoms. The second-order valence-corrected chi connectivity index (χ2v) is 4.09. The van der Waals surface area contributed by atoms with Gasteiger partial charge in [0.25, 0.3) is 0 Å². The summed E-state index contributed by atoms with van der Waals surface area (Å²) in [5.41, 5.74) is -4.27. The molecule has 1 aromatic carbocycles. The maximum atomic E-state index is 12.6. The first kappa shape index (κ1) is 21.0. The van der Waals surface area contributed by atoms with Gasteiger partial charge in [-0.15, -0.1) is 17.9 Å². The zero-order chi connectivity index (χ0) is 16.5. The van der Waals surface area contributed by atoms with Gasteiger partial charge in [0.2, 0.25) is 0 Å². The molecule has 0 aliphatic heterocycles. The summed E-state index contributed by atoms with van der Waals surface area (Å²) in [6, 6.07) is 0.284. The van der Waals surface area contributed by atoms with Crippen molar-refractivity contribution in [3.8, 4) is 17.9 Å². The molecule has 0 aromatic heterocycles. The summed E-state index contributed by atoms with van der Waals surface area (Å²) in [5, 5.41) is 26.4. The molecule has 0 atom stereocenters. The Morgan fingerprint density at radius 3 is 1.27 bits per heavy atom. The first-order valence-corrected chi connectivity index (χ1v) is 5.19. The Labute approximate surface area is 163 Å². The van der Waals surface area contributed by atoms with Crippen molar-refractivity contribution in [1.29, 1.82) is 15.8 Å². The second kappa shape index (κ2) is 7.03. The third kappa shape index (κ3) is 4.25. The molecule has 0 aliphatic rings. The maximum absolute atomic E-state index is 12.6. The maximum Gasteiger partial charge on any atom is 1.00 e. The first-order chi connectivity index (χ1) is 9.50. The fraction of sp³-hybridized carbons (Fsp3) is 0.182. The number of hydrogen-bond donors (Lipinski definition) is 0. The van der Waals surface area contributed by atoms with Crippen molar-refractivity contribution in [1.82, 2.24) is 0 Å². The molecule has 0 bridgehead atoms. The van der Waals surface area contributed by atoms with Crippen LogP contribution in [0.1, 0.15) is 11.1 Å². The minimum Gasteiger partial charge on any atom is -0.246 e. The van der Waals surface area contributed by atoms with Gasteiger partial charge in [0.05, 0.1) is 11.1 Å². The van der Waals surface area contributed by atoms with Crippen LogP contribution in [0.2, 0.25) is 0 Å². The molecule has 0 N–H and O–H groups in total. The largest absolute Gasteiger partial charge is 1.00 e. The van der Waals surface area contributed by atoms with Crippen LogP contribution in [-0.2, 0) is 12.4 Å². The van der Waals surface area contributed by atoms with E-state index in [0.717, 1.165) is 0 Å². The predicted octanol–water partition coefficient (Wildman–Crippen LogP) is -0.428. The molecule has 1 rings (SSSR count). The van der Waals surface area contributed by atoms with E-state index in [-0.39, 0.29) is 69.6 Å². The topological polar surface area (TPSA) is 71.4 Å². The molecule has 0 amide bonds. The summed E-state index contributed by atoms with van der Waals surface area (Å²) in [4.78, 5) is 0. The van der Waals surface area contributed by atoms with Crippen molar-refractivity contribution in [3.63, 3.8) is 0 Å². The molecular weight excluding hydrogens is 338 g/mol. The SMILES string of the molecule is N#C[B-](C#N)(C#N)c1cc(C(F)(F)F)cc(C(F)(F)F)c1.[K+]. The smallest absolute Gasteiger partial charge is 0.246 e. The van der Waals surface area contributed by atoms with E-state index in [9.17, 15) is 26.3 Å². The summed E-state index contributed by atoms with van der Waals surface area (Å²) in [7, 11) is 0. The molecule has 0 spiro atoms. The van der Waals surface area contributed by atoms with Gasteiger partial charge in [-0.2, -0.15) is 31.8 Å². The average molecular weight is 341 g/mol. The Hall–Kier alpha value is -1.03. The molecule has 0 saturated carbocycles. The van der Waals surface area contributed by atoms with Gasteiger partial charge in [-0.05, 0) is 6.07 Å². The number of alkyl halides is 6. The van der Waals surface area contributed by atoms with Crippen molar-refractivity contribution in [3.05, 3.63) is 29.3 Å². The van der Waals surface area contributed by atoms with Crippen LogP contribution in [0.15, 0.2) is 18.2 Å². The van der Waals surface area contributed by atoms with Crippen molar-refractivity contribution in [2.45, 2.75) is 12.4 Å². The minimum atomic E-state index is -5.11. The van der Waals surface area contributed by atoms with Crippen LogP contribution in [-0.4, -0.2) is 6.15 Å². The van der Waals surface area contributed by atoms with Crippen molar-refractivity contribution >= 4 is 11.6 Å². The Bertz CT molecular complexity index is 624. The Kier molecular flexibility index (Phi) is 6.70. The van der Waals surface area contributed by atoms with E-state index in [0.29, 0.717) is 0 Å². The summed E-state index contributed by atoms with van der Waals surface area (Å²) < 4.78 is 75.8. The van der Waals surface area contributed by atoms with Gasteiger partial charge in [-0.3, -0.25) is 0 Å². The number of benzene rings is 1. The molecule has 0 unspecified atom stereocenters. The molecule has 108 valence electrons. The third-order valence-corrected chi connectivity index (χ3v) is 2.69. The molecule has 11 heteroatoms. The molecule has 3 nitrogen and oxygen atoms in total. The Morgan fingerprint density at radius 2 is 1.05 bits per heavy atom. The van der Waals surface area contributed by atoms with E-state index in [2.05, 4.69) is 0 Å². The third-order valence-electron chi connectivity index (χ3n) is 2.69. The van der Waals surface area contributed by atoms with E-state index in [1.54, 1.807) is 0 Å². The van der Waals surface area contributed by atoms with Crippen LogP contribution >= 0.6 is 0 Å². The Balaban J connectivity index is 0.00000441. The molecule has 0 saturated heterocycles. The predicted molar refractivity (Wildman–Crippen MR) is 58.7 cm³/mol. The van der Waals surface area contributed by atoms with Gasteiger partial charge >= 0.3 is 69.9 Å². The average Bonchev–Trinajstić information content (AvgIpc) is 2.39. The molecule has 1 aromatic rings. The standard InChI is InChI=1S/C11H3BF6N3.K/c13-10(14,15)7-1-8(11(16,17)18)3-9(2-7)12(4-19,5-20)6-21;/h1-3H;/q-1;+1. The number of nitriles is 3. The first-order valence-electron chi connectivity index (χ1n) is 5.19. The van der Waals surface area contributed by atoms with Crippen LogP contribution < -0.4 is 56.8 Å². The number of hydrogen-bond acceptors (Lipinski definition) is 3. The fourth-order valence-electron chi connectivity index (χ4n) is 1.54. The van der Waals surface area contributed by atoms with Gasteiger partial charge in [-0.1, -0.05) is 12.1 Å². The van der Waals surface area contributed by atoms with Gasteiger partial charge in [0.15, 0.2) is 0 Å². The summed E-state index contributed by atoms with van der Waals surface area (Å²) in [5.74, 6) is 3.58. The van der Waals surface area contributed by atoms with Crippen LogP contribution in [0.25, 0.3) is 0 Å². The fourth-order valence-corrected chi connectivity index (χ4v) is 1.54. The van der Waals surface area contributed by atoms with Crippen molar-refractivity contribution in [2.75, 3.05) is 0 Å². The number of halogens is 6. The zero-order valence-corrected chi connectivity index (χ0v) is 14.0. The number of nitrogens with zero attached hydrogens (tertiary/aromatic N) is 3. The van der Waals surface area contributed by atoms with Crippen molar-refractivity contribution < 1.29 is 77.7 Å². The molecule has 0 radical (unpaired) electrons. The number of rotatable bonds is 1. The molecular formula is C11H3BF6KN3. The summed E-state index contributed by atoms with van der Waals surface area (Å²) in [6.07, 6.45) is -13.7. The quantitative estimate of drug-likeness (QED) is 0.514. The van der Waals surface area contributed by atoms with Gasteiger partial charge in [-0.25, -0.2) is 15.8 Å². The van der Waals surface area contributed by atoms with Crippen LogP contribution in [0, 0.1) is 33.7 Å². The van der Waals surface area contributed by atoms with Crippen LogP contribution in [0.5, 0.6) is 0 Å². The summed E-state index contributed by atoms with van der Waals surface area (Å²) >= 11 is 0. The van der Waals surface area contributed by atoms with Gasteiger partial charge < -0.3 is 0 Å². The van der Waals surface area contributed by atoms with E-state index < -0.39 is 35.1 Å². The molecule has 0 aliphatic carbocycles. The second-order valence-electron chi connectivity index (χ2n) is 4.09. The van der Waals surface area contributed by atoms with Gasteiger partial charge in [0.1, 0.15) is 0 Å². The molecule has 0 fully saturated rings.